The number of anilines is 1. The summed E-state index contributed by atoms with van der Waals surface area (Å²) in [7, 11) is 0. The first-order valence-electron chi connectivity index (χ1n) is 8.65. The third-order valence-corrected chi connectivity index (χ3v) is 5.51. The Morgan fingerprint density at radius 1 is 1.27 bits per heavy atom. The lowest BCUT2D eigenvalue weighted by Gasteiger charge is -2.09. The Kier molecular flexibility index (Phi) is 4.96. The average molecular weight is 369 g/mol. The van der Waals surface area contributed by atoms with Crippen molar-refractivity contribution in [2.24, 2.45) is 5.92 Å². The van der Waals surface area contributed by atoms with E-state index in [2.05, 4.69) is 24.1 Å². The van der Waals surface area contributed by atoms with Crippen LogP contribution in [-0.2, 0) is 6.54 Å². The summed E-state index contributed by atoms with van der Waals surface area (Å²) in [5.74, 6) is 0.144. The van der Waals surface area contributed by atoms with Gasteiger partial charge >= 0.3 is 0 Å². The van der Waals surface area contributed by atoms with Crippen LogP contribution >= 0.6 is 11.3 Å². The van der Waals surface area contributed by atoms with Crippen LogP contribution in [-0.4, -0.2) is 15.5 Å². The van der Waals surface area contributed by atoms with E-state index in [4.69, 9.17) is 0 Å². The predicted molar refractivity (Wildman–Crippen MR) is 107 cm³/mol. The van der Waals surface area contributed by atoms with Crippen LogP contribution in [0, 0.1) is 26.7 Å². The van der Waals surface area contributed by atoms with Gasteiger partial charge in [0.15, 0.2) is 0 Å². The molecule has 0 aliphatic rings. The van der Waals surface area contributed by atoms with Gasteiger partial charge in [-0.3, -0.25) is 14.2 Å². The van der Waals surface area contributed by atoms with E-state index in [1.807, 2.05) is 39.0 Å². The topological polar surface area (TPSA) is 64.0 Å². The fraction of sp³-hybridized carbons (Fsp3) is 0.350. The highest BCUT2D eigenvalue weighted by atomic mass is 32.1. The summed E-state index contributed by atoms with van der Waals surface area (Å²) in [6, 6.07) is 5.89. The van der Waals surface area contributed by atoms with Crippen molar-refractivity contribution in [2.75, 3.05) is 5.32 Å². The second kappa shape index (κ2) is 7.03. The van der Waals surface area contributed by atoms with E-state index in [-0.39, 0.29) is 11.5 Å². The molecule has 0 radical (unpaired) electrons. The number of carbonyl (C=O) groups excluding carboxylic acids is 1. The molecule has 3 aromatic rings. The second-order valence-electron chi connectivity index (χ2n) is 7.10. The molecule has 0 aliphatic heterocycles. The average Bonchev–Trinajstić information content (AvgIpc) is 2.90. The summed E-state index contributed by atoms with van der Waals surface area (Å²) >= 11 is 1.27. The van der Waals surface area contributed by atoms with E-state index in [0.717, 1.165) is 16.8 Å². The first kappa shape index (κ1) is 18.3. The largest absolute Gasteiger partial charge is 0.321 e. The molecule has 2 heterocycles. The monoisotopic (exact) mass is 369 g/mol. The predicted octanol–water partition coefficient (Wildman–Crippen LogP) is 4.29. The molecule has 1 aromatic carbocycles. The molecule has 1 amide bonds. The minimum absolute atomic E-state index is 0.0805. The van der Waals surface area contributed by atoms with Crippen molar-refractivity contribution in [3.8, 4) is 0 Å². The molecule has 0 atom stereocenters. The zero-order valence-electron chi connectivity index (χ0n) is 15.7. The Balaban J connectivity index is 2.00. The molecule has 0 unspecified atom stereocenters. The van der Waals surface area contributed by atoms with Gasteiger partial charge in [0.1, 0.15) is 4.83 Å². The van der Waals surface area contributed by atoms with Crippen LogP contribution in [0.4, 0.5) is 5.69 Å². The molecular formula is C20H23N3O2S. The molecule has 26 heavy (non-hydrogen) atoms. The van der Waals surface area contributed by atoms with Gasteiger partial charge < -0.3 is 5.32 Å². The van der Waals surface area contributed by atoms with Gasteiger partial charge in [0, 0.05) is 12.2 Å². The number of carbonyl (C=O) groups is 1. The van der Waals surface area contributed by atoms with Gasteiger partial charge in [0.05, 0.1) is 16.6 Å². The lowest BCUT2D eigenvalue weighted by atomic mass is 10.1. The first-order valence-corrected chi connectivity index (χ1v) is 9.46. The second-order valence-corrected chi connectivity index (χ2v) is 8.10. The van der Waals surface area contributed by atoms with Gasteiger partial charge in [-0.25, -0.2) is 4.98 Å². The van der Waals surface area contributed by atoms with Gasteiger partial charge in [0.25, 0.3) is 11.5 Å². The number of nitrogens with one attached hydrogen (secondary N) is 1. The number of hydrogen-bond acceptors (Lipinski definition) is 4. The Morgan fingerprint density at radius 2 is 2.00 bits per heavy atom. The number of amides is 1. The molecule has 0 saturated heterocycles. The van der Waals surface area contributed by atoms with E-state index in [1.165, 1.54) is 11.3 Å². The summed E-state index contributed by atoms with van der Waals surface area (Å²) in [5.41, 5.74) is 3.55. The number of rotatable bonds is 4. The zero-order chi connectivity index (χ0) is 19.0. The van der Waals surface area contributed by atoms with Crippen molar-refractivity contribution >= 4 is 33.1 Å². The summed E-state index contributed by atoms with van der Waals surface area (Å²) in [4.78, 5) is 31.1. The van der Waals surface area contributed by atoms with Crippen molar-refractivity contribution in [3.63, 3.8) is 0 Å². The number of thiophene rings is 1. The highest BCUT2D eigenvalue weighted by Gasteiger charge is 2.20. The number of benzene rings is 1. The quantitative estimate of drug-likeness (QED) is 0.746. The van der Waals surface area contributed by atoms with Crippen LogP contribution in [0.15, 0.2) is 29.3 Å². The molecule has 0 aliphatic carbocycles. The summed E-state index contributed by atoms with van der Waals surface area (Å²) in [6.45, 7) is 10.5. The normalized spacial score (nSPS) is 11.3. The first-order chi connectivity index (χ1) is 12.3. The van der Waals surface area contributed by atoms with Crippen LogP contribution in [0.25, 0.3) is 10.2 Å². The molecule has 1 N–H and O–H groups in total. The fourth-order valence-electron chi connectivity index (χ4n) is 3.03. The van der Waals surface area contributed by atoms with E-state index in [1.54, 1.807) is 10.9 Å². The smallest absolute Gasteiger partial charge is 0.266 e. The lowest BCUT2D eigenvalue weighted by Crippen LogP contribution is -2.22. The van der Waals surface area contributed by atoms with Gasteiger partial charge in [-0.05, 0) is 43.9 Å². The van der Waals surface area contributed by atoms with Crippen molar-refractivity contribution in [3.05, 3.63) is 56.4 Å². The third kappa shape index (κ3) is 3.42. The lowest BCUT2D eigenvalue weighted by molar-refractivity contribution is 0.103. The molecule has 0 fully saturated rings. The molecule has 2 aromatic heterocycles. The molecule has 0 bridgehead atoms. The van der Waals surface area contributed by atoms with E-state index >= 15 is 0 Å². The van der Waals surface area contributed by atoms with Crippen molar-refractivity contribution in [1.82, 2.24) is 9.55 Å². The van der Waals surface area contributed by atoms with E-state index in [0.29, 0.717) is 33.1 Å². The standard InChI is InChI=1S/C20H23N3O2S/c1-11(2)9-23-10-21-19-16(20(23)25)14(5)17(26-19)18(24)22-15-7-6-12(3)8-13(15)4/h6-8,10-11H,9H2,1-5H3,(H,22,24). The van der Waals surface area contributed by atoms with E-state index < -0.39 is 0 Å². The molecule has 0 saturated carbocycles. The molecule has 0 spiro atoms. The molecule has 3 rings (SSSR count). The summed E-state index contributed by atoms with van der Waals surface area (Å²) in [5, 5.41) is 3.50. The molecule has 6 heteroatoms. The fourth-order valence-corrected chi connectivity index (χ4v) is 4.07. The van der Waals surface area contributed by atoms with E-state index in [9.17, 15) is 9.59 Å². The number of fused-ring (bicyclic) bond motifs is 1. The maximum Gasteiger partial charge on any atom is 0.266 e. The molecular weight excluding hydrogens is 346 g/mol. The third-order valence-electron chi connectivity index (χ3n) is 4.32. The number of hydrogen-bond donors (Lipinski definition) is 1. The summed E-state index contributed by atoms with van der Waals surface area (Å²) < 4.78 is 1.62. The Labute approximate surface area is 156 Å². The van der Waals surface area contributed by atoms with Gasteiger partial charge in [-0.2, -0.15) is 0 Å². The van der Waals surface area contributed by atoms with Crippen LogP contribution < -0.4 is 10.9 Å². The van der Waals surface area contributed by atoms with Gasteiger partial charge in [-0.15, -0.1) is 11.3 Å². The van der Waals surface area contributed by atoms with Crippen LogP contribution in [0.3, 0.4) is 0 Å². The SMILES string of the molecule is Cc1ccc(NC(=O)c2sc3ncn(CC(C)C)c(=O)c3c2C)c(C)c1. The Hall–Kier alpha value is -2.47. The van der Waals surface area contributed by atoms with Crippen LogP contribution in [0.1, 0.15) is 40.2 Å². The summed E-state index contributed by atoms with van der Waals surface area (Å²) in [6.07, 6.45) is 1.58. The highest BCUT2D eigenvalue weighted by molar-refractivity contribution is 7.20. The highest BCUT2D eigenvalue weighted by Crippen LogP contribution is 2.28. The molecule has 136 valence electrons. The number of nitrogens with zero attached hydrogens (tertiary/aromatic N) is 2. The minimum atomic E-state index is -0.202. The maximum atomic E-state index is 12.8. The van der Waals surface area contributed by atoms with Crippen molar-refractivity contribution in [2.45, 2.75) is 41.2 Å². The van der Waals surface area contributed by atoms with Crippen molar-refractivity contribution in [1.29, 1.82) is 0 Å². The van der Waals surface area contributed by atoms with Crippen LogP contribution in [0.5, 0.6) is 0 Å². The minimum Gasteiger partial charge on any atom is -0.321 e. The molecule has 5 nitrogen and oxygen atoms in total. The Bertz CT molecular complexity index is 1050. The maximum absolute atomic E-state index is 12.8. The number of aryl methyl sites for hydroxylation is 3. The zero-order valence-corrected chi connectivity index (χ0v) is 16.5. The van der Waals surface area contributed by atoms with Gasteiger partial charge in [0.2, 0.25) is 0 Å². The van der Waals surface area contributed by atoms with Crippen LogP contribution in [0.2, 0.25) is 0 Å². The Morgan fingerprint density at radius 3 is 2.65 bits per heavy atom. The van der Waals surface area contributed by atoms with Gasteiger partial charge in [-0.1, -0.05) is 31.5 Å². The number of aromatic nitrogens is 2. The van der Waals surface area contributed by atoms with Crippen molar-refractivity contribution < 1.29 is 4.79 Å².